The van der Waals surface area contributed by atoms with Gasteiger partial charge in [-0.05, 0) is 24.6 Å². The summed E-state index contributed by atoms with van der Waals surface area (Å²) in [5.74, 6) is 0.940. The zero-order valence-electron chi connectivity index (χ0n) is 14.1. The molecule has 1 aromatic rings. The van der Waals surface area contributed by atoms with E-state index in [1.165, 1.54) is 12.8 Å². The maximum absolute atomic E-state index is 5.91. The molecule has 0 aromatic heterocycles. The lowest BCUT2D eigenvalue weighted by Crippen LogP contribution is -2.38. The quantitative estimate of drug-likeness (QED) is 0.572. The zero-order chi connectivity index (χ0) is 16.3. The van der Waals surface area contributed by atoms with Gasteiger partial charge in [-0.3, -0.25) is 4.90 Å². The summed E-state index contributed by atoms with van der Waals surface area (Å²) in [6, 6.07) is 6.13. The number of hydrogen-bond donors (Lipinski definition) is 0. The molecule has 1 aromatic carbocycles. The van der Waals surface area contributed by atoms with Crippen molar-refractivity contribution >= 4 is 15.9 Å². The second kappa shape index (κ2) is 11.0. The fourth-order valence-corrected chi connectivity index (χ4v) is 2.94. The van der Waals surface area contributed by atoms with Gasteiger partial charge in [0.2, 0.25) is 0 Å². The normalized spacial score (nSPS) is 15.7. The van der Waals surface area contributed by atoms with Gasteiger partial charge in [0.05, 0.1) is 33.0 Å². The Bertz CT molecular complexity index is 450. The Kier molecular flexibility index (Phi) is 8.97. The Morgan fingerprint density at radius 2 is 2.00 bits per heavy atom. The lowest BCUT2D eigenvalue weighted by molar-refractivity contribution is 0.0178. The summed E-state index contributed by atoms with van der Waals surface area (Å²) >= 11 is 3.53. The molecule has 4 nitrogen and oxygen atoms in total. The number of unbranched alkanes of at least 4 members (excludes halogenated alkanes) is 2. The summed E-state index contributed by atoms with van der Waals surface area (Å²) < 4.78 is 18.2. The van der Waals surface area contributed by atoms with Gasteiger partial charge in [0, 0.05) is 29.7 Å². The Morgan fingerprint density at radius 1 is 1.17 bits per heavy atom. The first-order valence-corrected chi connectivity index (χ1v) is 9.38. The molecule has 0 spiro atoms. The number of benzene rings is 1. The van der Waals surface area contributed by atoms with E-state index in [0.717, 1.165) is 68.3 Å². The van der Waals surface area contributed by atoms with Gasteiger partial charge < -0.3 is 14.2 Å². The highest BCUT2D eigenvalue weighted by molar-refractivity contribution is 9.10. The standard InChI is InChI=1S/C18H28BrNO3/c1-2-3-4-10-23-18-6-5-17(19)14-16(18)15-22-13-9-20-7-11-21-12-8-20/h5-6,14H,2-4,7-13,15H2,1H3. The largest absolute Gasteiger partial charge is 0.493 e. The monoisotopic (exact) mass is 385 g/mol. The van der Waals surface area contributed by atoms with E-state index in [0.29, 0.717) is 6.61 Å². The van der Waals surface area contributed by atoms with Crippen molar-refractivity contribution < 1.29 is 14.2 Å². The average molecular weight is 386 g/mol. The lowest BCUT2D eigenvalue weighted by atomic mass is 10.2. The summed E-state index contributed by atoms with van der Waals surface area (Å²) in [5.41, 5.74) is 1.11. The van der Waals surface area contributed by atoms with Crippen LogP contribution in [-0.4, -0.2) is 51.0 Å². The molecule has 1 fully saturated rings. The minimum atomic E-state index is 0.590. The Labute approximate surface area is 148 Å². The van der Waals surface area contributed by atoms with Crippen LogP contribution in [0.25, 0.3) is 0 Å². The van der Waals surface area contributed by atoms with Gasteiger partial charge in [-0.25, -0.2) is 0 Å². The molecule has 1 heterocycles. The summed E-state index contributed by atoms with van der Waals surface area (Å²) in [5, 5.41) is 0. The van der Waals surface area contributed by atoms with Crippen molar-refractivity contribution in [3.8, 4) is 5.75 Å². The van der Waals surface area contributed by atoms with E-state index in [2.05, 4.69) is 33.8 Å². The first kappa shape index (κ1) is 18.7. The van der Waals surface area contributed by atoms with Crippen LogP contribution in [0.4, 0.5) is 0 Å². The van der Waals surface area contributed by atoms with Crippen molar-refractivity contribution in [1.82, 2.24) is 4.90 Å². The highest BCUT2D eigenvalue weighted by Gasteiger charge is 2.10. The van der Waals surface area contributed by atoms with Crippen LogP contribution in [0.3, 0.4) is 0 Å². The van der Waals surface area contributed by atoms with Crippen LogP contribution in [0, 0.1) is 0 Å². The first-order chi connectivity index (χ1) is 11.3. The van der Waals surface area contributed by atoms with Gasteiger partial charge in [-0.1, -0.05) is 35.7 Å². The van der Waals surface area contributed by atoms with E-state index in [4.69, 9.17) is 14.2 Å². The van der Waals surface area contributed by atoms with Gasteiger partial charge in [0.1, 0.15) is 5.75 Å². The SMILES string of the molecule is CCCCCOc1ccc(Br)cc1COCCN1CCOCC1. The van der Waals surface area contributed by atoms with E-state index in [9.17, 15) is 0 Å². The van der Waals surface area contributed by atoms with Crippen molar-refractivity contribution in [3.63, 3.8) is 0 Å². The third-order valence-corrected chi connectivity index (χ3v) is 4.43. The van der Waals surface area contributed by atoms with Crippen LogP contribution in [0.15, 0.2) is 22.7 Å². The third-order valence-electron chi connectivity index (χ3n) is 3.94. The summed E-state index contributed by atoms with van der Waals surface area (Å²) in [4.78, 5) is 2.38. The van der Waals surface area contributed by atoms with Crippen LogP contribution in [0.5, 0.6) is 5.75 Å². The van der Waals surface area contributed by atoms with Gasteiger partial charge in [-0.15, -0.1) is 0 Å². The lowest BCUT2D eigenvalue weighted by Gasteiger charge is -2.26. The van der Waals surface area contributed by atoms with Crippen LogP contribution in [0.1, 0.15) is 31.7 Å². The van der Waals surface area contributed by atoms with E-state index in [-0.39, 0.29) is 0 Å². The average Bonchev–Trinajstić information content (AvgIpc) is 2.58. The number of nitrogens with zero attached hydrogens (tertiary/aromatic N) is 1. The van der Waals surface area contributed by atoms with E-state index in [1.807, 2.05) is 12.1 Å². The molecule has 0 aliphatic carbocycles. The van der Waals surface area contributed by atoms with Crippen molar-refractivity contribution in [2.75, 3.05) is 46.1 Å². The minimum Gasteiger partial charge on any atom is -0.493 e. The molecule has 5 heteroatoms. The first-order valence-electron chi connectivity index (χ1n) is 8.58. The Hall–Kier alpha value is -0.620. The molecule has 1 saturated heterocycles. The maximum atomic E-state index is 5.91. The predicted octanol–water partition coefficient (Wildman–Crippen LogP) is 3.87. The summed E-state index contributed by atoms with van der Waals surface area (Å²) in [6.07, 6.45) is 3.52. The molecular weight excluding hydrogens is 358 g/mol. The number of ether oxygens (including phenoxy) is 3. The van der Waals surface area contributed by atoms with Crippen LogP contribution in [-0.2, 0) is 16.1 Å². The smallest absolute Gasteiger partial charge is 0.124 e. The van der Waals surface area contributed by atoms with Gasteiger partial charge in [0.25, 0.3) is 0 Å². The topological polar surface area (TPSA) is 30.9 Å². The zero-order valence-corrected chi connectivity index (χ0v) is 15.6. The fraction of sp³-hybridized carbons (Fsp3) is 0.667. The molecule has 0 amide bonds. The molecule has 1 aliphatic rings. The van der Waals surface area contributed by atoms with Crippen molar-refractivity contribution in [2.45, 2.75) is 32.8 Å². The molecule has 2 rings (SSSR count). The molecule has 1 aliphatic heterocycles. The van der Waals surface area contributed by atoms with E-state index in [1.54, 1.807) is 0 Å². The maximum Gasteiger partial charge on any atom is 0.124 e. The third kappa shape index (κ3) is 7.21. The molecule has 0 bridgehead atoms. The summed E-state index contributed by atoms with van der Waals surface area (Å²) in [7, 11) is 0. The van der Waals surface area contributed by atoms with Gasteiger partial charge in [-0.2, -0.15) is 0 Å². The van der Waals surface area contributed by atoms with E-state index >= 15 is 0 Å². The Balaban J connectivity index is 1.74. The molecule has 0 atom stereocenters. The minimum absolute atomic E-state index is 0.590. The molecule has 23 heavy (non-hydrogen) atoms. The number of halogens is 1. The molecule has 130 valence electrons. The van der Waals surface area contributed by atoms with E-state index < -0.39 is 0 Å². The number of rotatable bonds is 10. The summed E-state index contributed by atoms with van der Waals surface area (Å²) in [6.45, 7) is 8.95. The van der Waals surface area contributed by atoms with Crippen molar-refractivity contribution in [3.05, 3.63) is 28.2 Å². The van der Waals surface area contributed by atoms with Gasteiger partial charge in [0.15, 0.2) is 0 Å². The van der Waals surface area contributed by atoms with Crippen LogP contribution >= 0.6 is 15.9 Å². The Morgan fingerprint density at radius 3 is 2.78 bits per heavy atom. The van der Waals surface area contributed by atoms with Crippen molar-refractivity contribution in [1.29, 1.82) is 0 Å². The molecular formula is C18H28BrNO3. The second-order valence-electron chi connectivity index (χ2n) is 5.81. The van der Waals surface area contributed by atoms with Crippen molar-refractivity contribution in [2.24, 2.45) is 0 Å². The predicted molar refractivity (Wildman–Crippen MR) is 96.1 cm³/mol. The molecule has 0 unspecified atom stereocenters. The molecule has 0 saturated carbocycles. The number of hydrogen-bond acceptors (Lipinski definition) is 4. The number of morpholine rings is 1. The molecule has 0 radical (unpaired) electrons. The highest BCUT2D eigenvalue weighted by Crippen LogP contribution is 2.24. The second-order valence-corrected chi connectivity index (χ2v) is 6.73. The van der Waals surface area contributed by atoms with Crippen LogP contribution < -0.4 is 4.74 Å². The van der Waals surface area contributed by atoms with Crippen LogP contribution in [0.2, 0.25) is 0 Å². The fourth-order valence-electron chi connectivity index (χ4n) is 2.54. The highest BCUT2D eigenvalue weighted by atomic mass is 79.9. The van der Waals surface area contributed by atoms with Gasteiger partial charge >= 0.3 is 0 Å². The molecule has 0 N–H and O–H groups in total.